The molecular weight excluding hydrogens is 302 g/mol. The zero-order valence-electron chi connectivity index (χ0n) is 13.8. The van der Waals surface area contributed by atoms with Crippen molar-refractivity contribution in [2.24, 2.45) is 5.92 Å². The largest absolute Gasteiger partial charge is 0.343 e. The molecule has 1 aromatic rings. The zero-order valence-corrected chi connectivity index (χ0v) is 14.6. The van der Waals surface area contributed by atoms with Crippen LogP contribution in [0.5, 0.6) is 0 Å². The molecular formula is C19H27N3S. The number of nitrogens with one attached hydrogen (secondary N) is 1. The highest BCUT2D eigenvalue weighted by molar-refractivity contribution is 8.00. The number of nitrogens with zero attached hydrogens (tertiary/aromatic N) is 2. The minimum Gasteiger partial charge on any atom is -0.343 e. The highest BCUT2D eigenvalue weighted by Gasteiger charge is 2.42. The Labute approximate surface area is 143 Å². The van der Waals surface area contributed by atoms with Crippen LogP contribution in [-0.2, 0) is 0 Å². The van der Waals surface area contributed by atoms with Gasteiger partial charge in [-0.15, -0.1) is 0 Å². The van der Waals surface area contributed by atoms with Gasteiger partial charge in [-0.25, -0.2) is 0 Å². The van der Waals surface area contributed by atoms with E-state index < -0.39 is 0 Å². The van der Waals surface area contributed by atoms with E-state index in [-0.39, 0.29) is 0 Å². The van der Waals surface area contributed by atoms with Crippen LogP contribution in [0.25, 0.3) is 0 Å². The first-order chi connectivity index (χ1) is 11.4. The minimum absolute atomic E-state index is 0.539. The topological polar surface area (TPSA) is 18.5 Å². The van der Waals surface area contributed by atoms with Gasteiger partial charge in [0, 0.05) is 30.1 Å². The summed E-state index contributed by atoms with van der Waals surface area (Å²) in [6, 6.07) is 10.7. The number of benzene rings is 1. The number of likely N-dealkylation sites (tertiary alicyclic amines) is 1. The van der Waals surface area contributed by atoms with E-state index in [2.05, 4.69) is 51.1 Å². The normalized spacial score (nSPS) is 34.8. The van der Waals surface area contributed by atoms with Gasteiger partial charge in [-0.3, -0.25) is 4.90 Å². The zero-order chi connectivity index (χ0) is 15.2. The predicted molar refractivity (Wildman–Crippen MR) is 96.9 cm³/mol. The highest BCUT2D eigenvalue weighted by atomic mass is 32.2. The molecule has 1 aliphatic carbocycles. The fourth-order valence-electron chi connectivity index (χ4n) is 5.15. The number of anilines is 1. The summed E-state index contributed by atoms with van der Waals surface area (Å²) in [5.74, 6) is 0.874. The van der Waals surface area contributed by atoms with E-state index in [0.717, 1.165) is 18.0 Å². The van der Waals surface area contributed by atoms with Crippen molar-refractivity contribution >= 4 is 17.4 Å². The third kappa shape index (κ3) is 2.50. The molecule has 3 atom stereocenters. The monoisotopic (exact) mass is 329 g/mol. The van der Waals surface area contributed by atoms with Gasteiger partial charge in [-0.05, 0) is 50.3 Å². The summed E-state index contributed by atoms with van der Waals surface area (Å²) in [4.78, 5) is 7.07. The Morgan fingerprint density at radius 3 is 2.83 bits per heavy atom. The smallest absolute Gasteiger partial charge is 0.135 e. The molecule has 5 rings (SSSR count). The molecule has 1 N–H and O–H groups in total. The van der Waals surface area contributed by atoms with Crippen molar-refractivity contribution in [1.29, 1.82) is 0 Å². The van der Waals surface area contributed by atoms with Gasteiger partial charge in [-0.1, -0.05) is 36.7 Å². The van der Waals surface area contributed by atoms with Crippen molar-refractivity contribution in [2.45, 2.75) is 61.0 Å². The molecule has 1 saturated carbocycles. The Bertz CT molecular complexity index is 571. The van der Waals surface area contributed by atoms with Crippen molar-refractivity contribution < 1.29 is 0 Å². The molecule has 0 radical (unpaired) electrons. The van der Waals surface area contributed by atoms with Crippen molar-refractivity contribution in [2.75, 3.05) is 24.5 Å². The lowest BCUT2D eigenvalue weighted by Gasteiger charge is -2.43. The summed E-state index contributed by atoms with van der Waals surface area (Å²) in [7, 11) is 0. The SMILES string of the molecule is c1ccc2c(c1)SC(N1CCC3NCCC3C1)N2C1CCCC1. The van der Waals surface area contributed by atoms with Gasteiger partial charge in [0.1, 0.15) is 5.50 Å². The fourth-order valence-corrected chi connectivity index (χ4v) is 6.56. The first-order valence-corrected chi connectivity index (χ1v) is 10.3. The van der Waals surface area contributed by atoms with Gasteiger partial charge < -0.3 is 10.2 Å². The van der Waals surface area contributed by atoms with Crippen LogP contribution >= 0.6 is 11.8 Å². The Balaban J connectivity index is 1.42. The molecule has 23 heavy (non-hydrogen) atoms. The number of fused-ring (bicyclic) bond motifs is 2. The molecule has 3 nitrogen and oxygen atoms in total. The molecule has 3 aliphatic heterocycles. The second kappa shape index (κ2) is 5.98. The fraction of sp³-hybridized carbons (Fsp3) is 0.684. The summed E-state index contributed by atoms with van der Waals surface area (Å²) in [6.07, 6.45) is 8.29. The van der Waals surface area contributed by atoms with E-state index in [4.69, 9.17) is 0 Å². The number of hydrogen-bond donors (Lipinski definition) is 1. The lowest BCUT2D eigenvalue weighted by Crippen LogP contribution is -2.54. The van der Waals surface area contributed by atoms with Crippen LogP contribution in [0.4, 0.5) is 5.69 Å². The van der Waals surface area contributed by atoms with E-state index in [1.54, 1.807) is 0 Å². The van der Waals surface area contributed by atoms with Crippen molar-refractivity contribution in [3.05, 3.63) is 24.3 Å². The maximum absolute atomic E-state index is 3.71. The second-order valence-corrected chi connectivity index (χ2v) is 8.75. The maximum atomic E-state index is 3.71. The number of para-hydroxylation sites is 1. The molecule has 4 heteroatoms. The third-order valence-corrected chi connectivity index (χ3v) is 7.67. The minimum atomic E-state index is 0.539. The number of thioether (sulfide) groups is 1. The first-order valence-electron chi connectivity index (χ1n) is 9.41. The van der Waals surface area contributed by atoms with E-state index >= 15 is 0 Å². The van der Waals surface area contributed by atoms with Gasteiger partial charge in [0.25, 0.3) is 0 Å². The van der Waals surface area contributed by atoms with E-state index in [0.29, 0.717) is 5.50 Å². The first kappa shape index (κ1) is 14.6. The molecule has 0 spiro atoms. The van der Waals surface area contributed by atoms with Crippen LogP contribution in [0.1, 0.15) is 38.5 Å². The Kier molecular flexibility index (Phi) is 3.80. The van der Waals surface area contributed by atoms with Crippen LogP contribution in [0.2, 0.25) is 0 Å². The maximum Gasteiger partial charge on any atom is 0.135 e. The standard InChI is InChI=1S/C19H27N3S/c1-2-6-15(5-1)22-17-7-3-4-8-18(17)23-19(22)21-12-10-16-14(13-21)9-11-20-16/h3-4,7-8,14-16,19-20H,1-2,5-6,9-13H2. The third-order valence-electron chi connectivity index (χ3n) is 6.33. The van der Waals surface area contributed by atoms with Crippen molar-refractivity contribution in [3.63, 3.8) is 0 Å². The Hall–Kier alpha value is -0.710. The van der Waals surface area contributed by atoms with E-state index in [9.17, 15) is 0 Å². The molecule has 4 aliphatic rings. The number of hydrogen-bond acceptors (Lipinski definition) is 4. The van der Waals surface area contributed by atoms with Gasteiger partial charge in [0.2, 0.25) is 0 Å². The van der Waals surface area contributed by atoms with Gasteiger partial charge in [0.05, 0.1) is 5.69 Å². The molecule has 1 aromatic carbocycles. The molecule has 124 valence electrons. The molecule has 3 heterocycles. The average molecular weight is 330 g/mol. The number of rotatable bonds is 2. The lowest BCUT2D eigenvalue weighted by molar-refractivity contribution is 0.146. The van der Waals surface area contributed by atoms with Crippen LogP contribution < -0.4 is 10.2 Å². The summed E-state index contributed by atoms with van der Waals surface area (Å²) >= 11 is 2.10. The molecule has 3 fully saturated rings. The average Bonchev–Trinajstić information content (AvgIpc) is 3.31. The molecule has 3 unspecified atom stereocenters. The van der Waals surface area contributed by atoms with Crippen LogP contribution in [0.15, 0.2) is 29.2 Å². The van der Waals surface area contributed by atoms with Gasteiger partial charge in [0.15, 0.2) is 0 Å². The molecule has 2 saturated heterocycles. The second-order valence-electron chi connectivity index (χ2n) is 7.65. The van der Waals surface area contributed by atoms with E-state index in [1.165, 1.54) is 68.7 Å². The highest BCUT2D eigenvalue weighted by Crippen LogP contribution is 2.48. The number of piperidine rings is 1. The molecule has 0 amide bonds. The van der Waals surface area contributed by atoms with Crippen molar-refractivity contribution in [3.8, 4) is 0 Å². The summed E-state index contributed by atoms with van der Waals surface area (Å²) in [5, 5.41) is 3.71. The Morgan fingerprint density at radius 2 is 1.91 bits per heavy atom. The molecule has 0 aromatic heterocycles. The summed E-state index contributed by atoms with van der Waals surface area (Å²) < 4.78 is 0. The van der Waals surface area contributed by atoms with Crippen LogP contribution in [-0.4, -0.2) is 42.1 Å². The summed E-state index contributed by atoms with van der Waals surface area (Å²) in [6.45, 7) is 3.77. The van der Waals surface area contributed by atoms with Gasteiger partial charge in [-0.2, -0.15) is 0 Å². The van der Waals surface area contributed by atoms with Gasteiger partial charge >= 0.3 is 0 Å². The van der Waals surface area contributed by atoms with E-state index in [1.807, 2.05) is 0 Å². The molecule has 0 bridgehead atoms. The predicted octanol–water partition coefficient (Wildman–Crippen LogP) is 3.51. The summed E-state index contributed by atoms with van der Waals surface area (Å²) in [5.41, 5.74) is 2.04. The quantitative estimate of drug-likeness (QED) is 0.894. The van der Waals surface area contributed by atoms with Crippen LogP contribution in [0.3, 0.4) is 0 Å². The van der Waals surface area contributed by atoms with Crippen molar-refractivity contribution in [1.82, 2.24) is 10.2 Å². The Morgan fingerprint density at radius 1 is 1.04 bits per heavy atom. The lowest BCUT2D eigenvalue weighted by atomic mass is 9.93. The van der Waals surface area contributed by atoms with Crippen LogP contribution in [0, 0.1) is 5.92 Å².